The Morgan fingerprint density at radius 3 is 2.38 bits per heavy atom. The zero-order valence-electron chi connectivity index (χ0n) is 23.2. The second kappa shape index (κ2) is 12.3. The van der Waals surface area contributed by atoms with Gasteiger partial charge in [0.05, 0.1) is 31.7 Å². The number of fused-ring (bicyclic) bond motifs is 2. The van der Waals surface area contributed by atoms with E-state index >= 15 is 0 Å². The molecular formula is C32H38N4O3. The molecule has 1 aliphatic rings. The van der Waals surface area contributed by atoms with E-state index in [1.54, 1.807) is 14.2 Å². The average Bonchev–Trinajstić information content (AvgIpc) is 3.22. The molecule has 0 unspecified atom stereocenters. The lowest BCUT2D eigenvalue weighted by Gasteiger charge is -2.23. The van der Waals surface area contributed by atoms with Crippen molar-refractivity contribution in [2.24, 2.45) is 0 Å². The first-order chi connectivity index (χ1) is 19.1. The van der Waals surface area contributed by atoms with Gasteiger partial charge in [-0.25, -0.2) is 4.98 Å². The SMILES string of the molecule is COc1cc2c(cc1OC)CC(=O)N(CCCN(C)CCn1c(Cc3ccccc3)nc3ccccc31)CC2. The third-order valence-corrected chi connectivity index (χ3v) is 7.66. The first-order valence-electron chi connectivity index (χ1n) is 13.7. The van der Waals surface area contributed by atoms with Crippen LogP contribution in [0.2, 0.25) is 0 Å². The molecule has 0 fully saturated rings. The molecule has 0 radical (unpaired) electrons. The number of nitrogens with zero attached hydrogens (tertiary/aromatic N) is 4. The summed E-state index contributed by atoms with van der Waals surface area (Å²) in [5, 5.41) is 0. The highest BCUT2D eigenvalue weighted by Crippen LogP contribution is 2.32. The number of aromatic nitrogens is 2. The Hall–Kier alpha value is -3.84. The molecule has 1 amide bonds. The smallest absolute Gasteiger partial charge is 0.227 e. The number of carbonyl (C=O) groups is 1. The van der Waals surface area contributed by atoms with Crippen molar-refractivity contribution >= 4 is 16.9 Å². The third-order valence-electron chi connectivity index (χ3n) is 7.66. The van der Waals surface area contributed by atoms with Gasteiger partial charge in [-0.15, -0.1) is 0 Å². The lowest BCUT2D eigenvalue weighted by molar-refractivity contribution is -0.130. The highest BCUT2D eigenvalue weighted by atomic mass is 16.5. The van der Waals surface area contributed by atoms with E-state index in [1.807, 2.05) is 29.2 Å². The summed E-state index contributed by atoms with van der Waals surface area (Å²) in [4.78, 5) is 22.3. The predicted octanol–water partition coefficient (Wildman–Crippen LogP) is 4.59. The fourth-order valence-corrected chi connectivity index (χ4v) is 5.45. The summed E-state index contributed by atoms with van der Waals surface area (Å²) in [7, 11) is 5.44. The molecule has 7 heteroatoms. The third kappa shape index (κ3) is 6.25. The number of likely N-dealkylation sites (N-methyl/N-ethyl adjacent to an activating group) is 1. The molecule has 1 aliphatic heterocycles. The summed E-state index contributed by atoms with van der Waals surface area (Å²) in [6, 6.07) is 22.9. The van der Waals surface area contributed by atoms with Gasteiger partial charge < -0.3 is 23.8 Å². The van der Waals surface area contributed by atoms with Crippen LogP contribution in [0, 0.1) is 0 Å². The van der Waals surface area contributed by atoms with Crippen molar-refractivity contribution in [1.82, 2.24) is 19.4 Å². The van der Waals surface area contributed by atoms with Crippen molar-refractivity contribution in [3.8, 4) is 11.5 Å². The fourth-order valence-electron chi connectivity index (χ4n) is 5.45. The molecule has 204 valence electrons. The maximum absolute atomic E-state index is 13.0. The Balaban J connectivity index is 1.16. The first-order valence-corrected chi connectivity index (χ1v) is 13.7. The van der Waals surface area contributed by atoms with E-state index in [0.29, 0.717) is 12.2 Å². The van der Waals surface area contributed by atoms with Gasteiger partial charge in [-0.1, -0.05) is 42.5 Å². The number of rotatable bonds is 11. The molecule has 1 aromatic heterocycles. The zero-order chi connectivity index (χ0) is 27.2. The van der Waals surface area contributed by atoms with Crippen LogP contribution >= 0.6 is 0 Å². The van der Waals surface area contributed by atoms with E-state index < -0.39 is 0 Å². The van der Waals surface area contributed by atoms with Crippen LogP contribution in [0.4, 0.5) is 0 Å². The minimum absolute atomic E-state index is 0.180. The van der Waals surface area contributed by atoms with Crippen molar-refractivity contribution in [1.29, 1.82) is 0 Å². The number of hydrogen-bond acceptors (Lipinski definition) is 5. The number of ether oxygens (including phenoxy) is 2. The van der Waals surface area contributed by atoms with E-state index in [9.17, 15) is 4.79 Å². The lowest BCUT2D eigenvalue weighted by Crippen LogP contribution is -2.35. The normalized spacial score (nSPS) is 13.5. The number of methoxy groups -OCH3 is 2. The molecular weight excluding hydrogens is 488 g/mol. The van der Waals surface area contributed by atoms with Crippen LogP contribution in [-0.2, 0) is 30.6 Å². The molecule has 2 heterocycles. The van der Waals surface area contributed by atoms with Gasteiger partial charge in [-0.05, 0) is 67.4 Å². The van der Waals surface area contributed by atoms with Gasteiger partial charge in [0, 0.05) is 32.6 Å². The Morgan fingerprint density at radius 2 is 1.62 bits per heavy atom. The summed E-state index contributed by atoms with van der Waals surface area (Å²) < 4.78 is 13.3. The average molecular weight is 527 g/mol. The van der Waals surface area contributed by atoms with Crippen molar-refractivity contribution in [2.75, 3.05) is 47.4 Å². The minimum atomic E-state index is 0.180. The molecule has 0 bridgehead atoms. The molecule has 3 aromatic carbocycles. The summed E-state index contributed by atoms with van der Waals surface area (Å²) in [5.74, 6) is 2.67. The van der Waals surface area contributed by atoms with Gasteiger partial charge in [0.1, 0.15) is 5.82 Å². The van der Waals surface area contributed by atoms with Crippen LogP contribution in [-0.4, -0.2) is 72.7 Å². The number of hydrogen-bond donors (Lipinski definition) is 0. The van der Waals surface area contributed by atoms with E-state index in [-0.39, 0.29) is 5.91 Å². The number of benzene rings is 3. The first kappa shape index (κ1) is 26.8. The summed E-state index contributed by atoms with van der Waals surface area (Å²) in [5.41, 5.74) is 5.70. The maximum atomic E-state index is 13.0. The van der Waals surface area contributed by atoms with Crippen LogP contribution in [0.15, 0.2) is 66.7 Å². The standard InChI is InChI=1S/C32H38N4O3/c1-34(15-9-16-35-17-14-25-21-29(38-2)30(39-3)22-26(25)23-32(35)37)18-19-36-28-13-8-7-12-27(28)33-31(36)20-24-10-5-4-6-11-24/h4-8,10-13,21-22H,9,14-20,23H2,1-3H3. The Kier molecular flexibility index (Phi) is 8.47. The summed E-state index contributed by atoms with van der Waals surface area (Å²) in [6.45, 7) is 4.22. The molecule has 0 spiro atoms. The number of para-hydroxylation sites is 2. The Morgan fingerprint density at radius 1 is 0.897 bits per heavy atom. The predicted molar refractivity (Wildman–Crippen MR) is 155 cm³/mol. The van der Waals surface area contributed by atoms with Crippen LogP contribution in [0.5, 0.6) is 11.5 Å². The molecule has 0 saturated carbocycles. The Bertz CT molecular complexity index is 1420. The highest BCUT2D eigenvalue weighted by molar-refractivity contribution is 5.80. The van der Waals surface area contributed by atoms with Crippen molar-refractivity contribution in [2.45, 2.75) is 32.2 Å². The largest absolute Gasteiger partial charge is 0.493 e. The van der Waals surface area contributed by atoms with Gasteiger partial charge in [-0.2, -0.15) is 0 Å². The van der Waals surface area contributed by atoms with Gasteiger partial charge in [0.2, 0.25) is 5.91 Å². The van der Waals surface area contributed by atoms with E-state index in [0.717, 1.165) is 74.6 Å². The second-order valence-electron chi connectivity index (χ2n) is 10.3. The monoisotopic (exact) mass is 526 g/mol. The van der Waals surface area contributed by atoms with Gasteiger partial charge >= 0.3 is 0 Å². The van der Waals surface area contributed by atoms with Gasteiger partial charge in [-0.3, -0.25) is 4.79 Å². The van der Waals surface area contributed by atoms with E-state index in [4.69, 9.17) is 14.5 Å². The van der Waals surface area contributed by atoms with Crippen LogP contribution in [0.25, 0.3) is 11.0 Å². The molecule has 4 aromatic rings. The molecule has 5 rings (SSSR count). The van der Waals surface area contributed by atoms with Crippen molar-refractivity contribution in [3.05, 3.63) is 89.2 Å². The van der Waals surface area contributed by atoms with Crippen molar-refractivity contribution in [3.63, 3.8) is 0 Å². The molecule has 7 nitrogen and oxygen atoms in total. The number of amides is 1. The van der Waals surface area contributed by atoms with E-state index in [2.05, 4.69) is 59.0 Å². The molecule has 0 atom stereocenters. The quantitative estimate of drug-likeness (QED) is 0.286. The topological polar surface area (TPSA) is 59.8 Å². The van der Waals surface area contributed by atoms with Gasteiger partial charge in [0.15, 0.2) is 11.5 Å². The molecule has 0 saturated heterocycles. The lowest BCUT2D eigenvalue weighted by atomic mass is 10.0. The van der Waals surface area contributed by atoms with Gasteiger partial charge in [0.25, 0.3) is 0 Å². The summed E-state index contributed by atoms with van der Waals surface area (Å²) >= 11 is 0. The van der Waals surface area contributed by atoms with Crippen molar-refractivity contribution < 1.29 is 14.3 Å². The second-order valence-corrected chi connectivity index (χ2v) is 10.3. The van der Waals surface area contributed by atoms with E-state index in [1.165, 1.54) is 16.6 Å². The maximum Gasteiger partial charge on any atom is 0.227 e. The molecule has 0 aliphatic carbocycles. The minimum Gasteiger partial charge on any atom is -0.493 e. The highest BCUT2D eigenvalue weighted by Gasteiger charge is 2.22. The molecule has 0 N–H and O–H groups in total. The van der Waals surface area contributed by atoms with Crippen LogP contribution in [0.3, 0.4) is 0 Å². The van der Waals surface area contributed by atoms with Crippen LogP contribution < -0.4 is 9.47 Å². The number of imidazole rings is 1. The molecule has 39 heavy (non-hydrogen) atoms. The zero-order valence-corrected chi connectivity index (χ0v) is 23.2. The van der Waals surface area contributed by atoms with Crippen LogP contribution in [0.1, 0.15) is 28.9 Å². The number of carbonyl (C=O) groups excluding carboxylic acids is 1. The fraction of sp³-hybridized carbons (Fsp3) is 0.375. The summed E-state index contributed by atoms with van der Waals surface area (Å²) in [6.07, 6.45) is 2.99. The Labute approximate surface area is 231 Å².